The Bertz CT molecular complexity index is 438. The minimum Gasteiger partial charge on any atom is -0.365 e. The van der Waals surface area contributed by atoms with E-state index >= 15 is 0 Å². The molecule has 90 valence electrons. The van der Waals surface area contributed by atoms with E-state index in [0.717, 1.165) is 25.7 Å². The number of rotatable bonds is 4. The summed E-state index contributed by atoms with van der Waals surface area (Å²) in [6.45, 7) is 2.12. The van der Waals surface area contributed by atoms with Crippen LogP contribution in [-0.2, 0) is 9.53 Å². The van der Waals surface area contributed by atoms with Gasteiger partial charge in [-0.05, 0) is 24.0 Å². The zero-order chi connectivity index (χ0) is 11.8. The molecule has 0 spiro atoms. The Hall–Kier alpha value is -1.15. The highest BCUT2D eigenvalue weighted by molar-refractivity contribution is 5.82. The van der Waals surface area contributed by atoms with Gasteiger partial charge >= 0.3 is 0 Å². The van der Waals surface area contributed by atoms with Crippen LogP contribution in [-0.4, -0.2) is 5.78 Å². The van der Waals surface area contributed by atoms with Crippen LogP contribution in [0.25, 0.3) is 0 Å². The standard InChI is InChI=1S/C15H18O2/c1-2-3-8-13(16)12-9-14-10-6-4-5-7-11(10)15(12)17-14/h4-7,12,14-15H,2-3,8-9H2,1H3/t12-,14-,15-/m1/s1. The normalized spacial score (nSPS) is 29.4. The summed E-state index contributed by atoms with van der Waals surface area (Å²) in [6.07, 6.45) is 3.92. The molecule has 0 aliphatic carbocycles. The van der Waals surface area contributed by atoms with Gasteiger partial charge in [-0.15, -0.1) is 0 Å². The molecule has 1 saturated heterocycles. The first-order valence-corrected chi connectivity index (χ1v) is 6.58. The smallest absolute Gasteiger partial charge is 0.139 e. The van der Waals surface area contributed by atoms with E-state index in [9.17, 15) is 4.79 Å². The quantitative estimate of drug-likeness (QED) is 0.790. The molecule has 0 amide bonds. The fraction of sp³-hybridized carbons (Fsp3) is 0.533. The molecule has 0 saturated carbocycles. The SMILES string of the molecule is CCCCC(=O)[C@H]1C[C@H]2O[C@@H]1c1ccccc12. The predicted molar refractivity (Wildman–Crippen MR) is 65.6 cm³/mol. The number of ether oxygens (including phenoxy) is 1. The van der Waals surface area contributed by atoms with E-state index in [1.807, 2.05) is 6.07 Å². The highest BCUT2D eigenvalue weighted by Gasteiger charge is 2.47. The third-order valence-electron chi connectivity index (χ3n) is 3.98. The van der Waals surface area contributed by atoms with Gasteiger partial charge in [0.2, 0.25) is 0 Å². The van der Waals surface area contributed by atoms with Crippen LogP contribution in [0.4, 0.5) is 0 Å². The van der Waals surface area contributed by atoms with Crippen molar-refractivity contribution in [1.29, 1.82) is 0 Å². The average Bonchev–Trinajstić information content (AvgIpc) is 2.95. The average molecular weight is 230 g/mol. The molecule has 2 nitrogen and oxygen atoms in total. The highest BCUT2D eigenvalue weighted by Crippen LogP contribution is 2.54. The Morgan fingerprint density at radius 1 is 1.35 bits per heavy atom. The molecule has 3 rings (SSSR count). The van der Waals surface area contributed by atoms with Crippen molar-refractivity contribution in [2.45, 2.75) is 44.8 Å². The van der Waals surface area contributed by atoms with Gasteiger partial charge in [-0.3, -0.25) is 4.79 Å². The summed E-state index contributed by atoms with van der Waals surface area (Å²) < 4.78 is 5.94. The van der Waals surface area contributed by atoms with Gasteiger partial charge in [0, 0.05) is 6.42 Å². The van der Waals surface area contributed by atoms with Crippen LogP contribution in [0.2, 0.25) is 0 Å². The Morgan fingerprint density at radius 3 is 2.88 bits per heavy atom. The molecule has 3 atom stereocenters. The van der Waals surface area contributed by atoms with Gasteiger partial charge in [0.15, 0.2) is 0 Å². The number of benzene rings is 1. The lowest BCUT2D eigenvalue weighted by Crippen LogP contribution is -2.20. The van der Waals surface area contributed by atoms with Crippen LogP contribution < -0.4 is 0 Å². The first kappa shape index (κ1) is 11.0. The third-order valence-corrected chi connectivity index (χ3v) is 3.98. The molecule has 17 heavy (non-hydrogen) atoms. The van der Waals surface area contributed by atoms with E-state index in [0.29, 0.717) is 5.78 Å². The largest absolute Gasteiger partial charge is 0.365 e. The van der Waals surface area contributed by atoms with Crippen LogP contribution in [0, 0.1) is 5.92 Å². The predicted octanol–water partition coefficient (Wildman–Crippen LogP) is 3.58. The second-order valence-corrected chi connectivity index (χ2v) is 5.09. The van der Waals surface area contributed by atoms with Gasteiger partial charge in [-0.2, -0.15) is 0 Å². The lowest BCUT2D eigenvalue weighted by atomic mass is 9.80. The summed E-state index contributed by atoms with van der Waals surface area (Å²) in [5, 5.41) is 0. The molecule has 2 aliphatic rings. The molecule has 0 aromatic heterocycles. The van der Waals surface area contributed by atoms with Gasteiger partial charge in [0.05, 0.1) is 18.1 Å². The molecule has 2 bridgehead atoms. The van der Waals surface area contributed by atoms with Gasteiger partial charge in [0.1, 0.15) is 5.78 Å². The van der Waals surface area contributed by atoms with E-state index in [-0.39, 0.29) is 18.1 Å². The first-order valence-electron chi connectivity index (χ1n) is 6.58. The molecule has 2 heteroatoms. The Morgan fingerprint density at radius 2 is 2.12 bits per heavy atom. The number of fused-ring (bicyclic) bond motifs is 5. The fourth-order valence-electron chi connectivity index (χ4n) is 3.07. The molecule has 1 fully saturated rings. The maximum atomic E-state index is 12.1. The van der Waals surface area contributed by atoms with Crippen molar-refractivity contribution < 1.29 is 9.53 Å². The van der Waals surface area contributed by atoms with Crippen molar-refractivity contribution in [3.05, 3.63) is 35.4 Å². The Kier molecular flexibility index (Phi) is 2.75. The van der Waals surface area contributed by atoms with Gasteiger partial charge in [0.25, 0.3) is 0 Å². The van der Waals surface area contributed by atoms with Crippen LogP contribution in [0.3, 0.4) is 0 Å². The minimum atomic E-state index is 0.0422. The Labute approximate surface area is 102 Å². The number of hydrogen-bond donors (Lipinski definition) is 0. The van der Waals surface area contributed by atoms with Crippen molar-refractivity contribution in [2.75, 3.05) is 0 Å². The number of hydrogen-bond acceptors (Lipinski definition) is 2. The van der Waals surface area contributed by atoms with Crippen LogP contribution in [0.1, 0.15) is 55.9 Å². The zero-order valence-corrected chi connectivity index (χ0v) is 10.2. The number of carbonyl (C=O) groups excluding carboxylic acids is 1. The number of ketones is 1. The minimum absolute atomic E-state index is 0.0422. The first-order chi connectivity index (χ1) is 8.31. The molecule has 1 aromatic carbocycles. The number of unbranched alkanes of at least 4 members (excludes halogenated alkanes) is 1. The van der Waals surface area contributed by atoms with Gasteiger partial charge in [-0.1, -0.05) is 37.6 Å². The number of Topliss-reactive ketones (excluding diaryl/α,β-unsaturated/α-hetero) is 1. The molecule has 0 unspecified atom stereocenters. The van der Waals surface area contributed by atoms with Crippen molar-refractivity contribution in [1.82, 2.24) is 0 Å². The van der Waals surface area contributed by atoms with Crippen molar-refractivity contribution in [3.63, 3.8) is 0 Å². The second-order valence-electron chi connectivity index (χ2n) is 5.09. The summed E-state index contributed by atoms with van der Waals surface area (Å²) in [5.74, 6) is 0.510. The third kappa shape index (κ3) is 1.71. The summed E-state index contributed by atoms with van der Waals surface area (Å²) in [7, 11) is 0. The summed E-state index contributed by atoms with van der Waals surface area (Å²) in [4.78, 5) is 12.1. The van der Waals surface area contributed by atoms with Gasteiger partial charge < -0.3 is 4.74 Å². The molecule has 2 heterocycles. The van der Waals surface area contributed by atoms with Crippen LogP contribution in [0.5, 0.6) is 0 Å². The summed E-state index contributed by atoms with van der Waals surface area (Å²) in [5.41, 5.74) is 2.55. The summed E-state index contributed by atoms with van der Waals surface area (Å²) >= 11 is 0. The highest BCUT2D eigenvalue weighted by atomic mass is 16.5. The van der Waals surface area contributed by atoms with Crippen molar-refractivity contribution >= 4 is 5.78 Å². The maximum absolute atomic E-state index is 12.1. The van der Waals surface area contributed by atoms with Crippen molar-refractivity contribution in [2.24, 2.45) is 5.92 Å². The van der Waals surface area contributed by atoms with Crippen LogP contribution in [0.15, 0.2) is 24.3 Å². The maximum Gasteiger partial charge on any atom is 0.139 e. The van der Waals surface area contributed by atoms with E-state index in [4.69, 9.17) is 4.74 Å². The molecular weight excluding hydrogens is 212 g/mol. The topological polar surface area (TPSA) is 26.3 Å². The van der Waals surface area contributed by atoms with Crippen LogP contribution >= 0.6 is 0 Å². The molecular formula is C15H18O2. The lowest BCUT2D eigenvalue weighted by molar-refractivity contribution is -0.124. The molecule has 2 aliphatic heterocycles. The van der Waals surface area contributed by atoms with E-state index in [1.165, 1.54) is 11.1 Å². The van der Waals surface area contributed by atoms with E-state index in [1.54, 1.807) is 0 Å². The summed E-state index contributed by atoms with van der Waals surface area (Å²) in [6, 6.07) is 8.33. The molecule has 1 aromatic rings. The number of carbonyl (C=O) groups is 1. The monoisotopic (exact) mass is 230 g/mol. The lowest BCUT2D eigenvalue weighted by Gasteiger charge is -2.19. The molecule has 0 N–H and O–H groups in total. The van der Waals surface area contributed by atoms with Crippen molar-refractivity contribution in [3.8, 4) is 0 Å². The zero-order valence-electron chi connectivity index (χ0n) is 10.2. The van der Waals surface area contributed by atoms with E-state index < -0.39 is 0 Å². The van der Waals surface area contributed by atoms with E-state index in [2.05, 4.69) is 25.1 Å². The molecule has 0 radical (unpaired) electrons. The Balaban J connectivity index is 1.79. The van der Waals surface area contributed by atoms with Gasteiger partial charge in [-0.25, -0.2) is 0 Å². The second kappa shape index (κ2) is 4.26. The fourth-order valence-corrected chi connectivity index (χ4v) is 3.07.